The summed E-state index contributed by atoms with van der Waals surface area (Å²) in [7, 11) is 2.06. The molecule has 1 aliphatic rings. The lowest BCUT2D eigenvalue weighted by molar-refractivity contribution is 0.281. The molecule has 2 aromatic rings. The molecule has 2 atom stereocenters. The van der Waals surface area contributed by atoms with E-state index in [-0.39, 0.29) is 16.9 Å². The van der Waals surface area contributed by atoms with Crippen molar-refractivity contribution in [2.75, 3.05) is 25.5 Å². The zero-order chi connectivity index (χ0) is 16.4. The number of anilines is 1. The van der Waals surface area contributed by atoms with E-state index >= 15 is 0 Å². The van der Waals surface area contributed by atoms with Crippen LogP contribution in [0.2, 0.25) is 5.02 Å². The van der Waals surface area contributed by atoms with Gasteiger partial charge in [0.2, 0.25) is 5.95 Å². The van der Waals surface area contributed by atoms with Gasteiger partial charge in [-0.3, -0.25) is 4.90 Å². The quantitative estimate of drug-likeness (QED) is 0.839. The maximum Gasteiger partial charge on any atom is 0.222 e. The molecule has 1 N–H and O–H groups in total. The Morgan fingerprint density at radius 3 is 2.83 bits per heavy atom. The van der Waals surface area contributed by atoms with E-state index in [1.807, 2.05) is 6.07 Å². The lowest BCUT2D eigenvalue weighted by Crippen LogP contribution is -2.25. The standard InChI is InChI=1S/C16H17BrClFN4/c1-23-5-4-11(7-20-16-21-8-12(17)9-22-16)15(23)10-2-3-13(18)14(19)6-10/h2-3,6,8-9,11,15H,4-5,7H2,1H3,(H,20,21,22). The number of nitrogens with zero attached hydrogens (tertiary/aromatic N) is 3. The first-order valence-corrected chi connectivity index (χ1v) is 8.58. The summed E-state index contributed by atoms with van der Waals surface area (Å²) < 4.78 is 14.6. The Labute approximate surface area is 148 Å². The molecule has 4 nitrogen and oxygen atoms in total. The molecule has 0 aliphatic carbocycles. The van der Waals surface area contributed by atoms with Crippen molar-refractivity contribution in [2.24, 2.45) is 5.92 Å². The van der Waals surface area contributed by atoms with Crippen LogP contribution in [0, 0.1) is 11.7 Å². The van der Waals surface area contributed by atoms with Gasteiger partial charge in [-0.2, -0.15) is 0 Å². The van der Waals surface area contributed by atoms with Gasteiger partial charge >= 0.3 is 0 Å². The minimum absolute atomic E-state index is 0.157. The number of hydrogen-bond acceptors (Lipinski definition) is 4. The van der Waals surface area contributed by atoms with Crippen molar-refractivity contribution in [3.63, 3.8) is 0 Å². The summed E-state index contributed by atoms with van der Waals surface area (Å²) in [6.45, 7) is 1.71. The van der Waals surface area contributed by atoms with Crippen LogP contribution in [0.5, 0.6) is 0 Å². The Bertz CT molecular complexity index is 682. The highest BCUT2D eigenvalue weighted by molar-refractivity contribution is 9.10. The zero-order valence-corrected chi connectivity index (χ0v) is 15.0. The monoisotopic (exact) mass is 398 g/mol. The van der Waals surface area contributed by atoms with E-state index in [4.69, 9.17) is 11.6 Å². The molecule has 0 saturated carbocycles. The normalized spacial score (nSPS) is 21.6. The Kier molecular flexibility index (Phi) is 5.14. The maximum atomic E-state index is 13.8. The highest BCUT2D eigenvalue weighted by atomic mass is 79.9. The fourth-order valence-electron chi connectivity index (χ4n) is 3.09. The lowest BCUT2D eigenvalue weighted by atomic mass is 9.93. The average Bonchev–Trinajstić information content (AvgIpc) is 2.90. The van der Waals surface area contributed by atoms with Crippen LogP contribution in [-0.4, -0.2) is 35.0 Å². The third kappa shape index (κ3) is 3.82. The van der Waals surface area contributed by atoms with Crippen molar-refractivity contribution >= 4 is 33.5 Å². The first-order valence-electron chi connectivity index (χ1n) is 7.41. The first kappa shape index (κ1) is 16.6. The van der Waals surface area contributed by atoms with Crippen LogP contribution < -0.4 is 5.32 Å². The molecule has 0 spiro atoms. The van der Waals surface area contributed by atoms with Gasteiger partial charge in [-0.15, -0.1) is 0 Å². The van der Waals surface area contributed by atoms with Gasteiger partial charge in [-0.05, 0) is 59.6 Å². The van der Waals surface area contributed by atoms with Crippen molar-refractivity contribution in [3.8, 4) is 0 Å². The second-order valence-corrected chi connectivity index (χ2v) is 7.08. The summed E-state index contributed by atoms with van der Waals surface area (Å²) in [5, 5.41) is 3.43. The third-order valence-electron chi connectivity index (χ3n) is 4.20. The second-order valence-electron chi connectivity index (χ2n) is 5.75. The van der Waals surface area contributed by atoms with Crippen LogP contribution >= 0.6 is 27.5 Å². The highest BCUT2D eigenvalue weighted by Crippen LogP contribution is 2.37. The molecular weight excluding hydrogens is 383 g/mol. The van der Waals surface area contributed by atoms with Gasteiger partial charge in [0, 0.05) is 25.0 Å². The molecule has 1 aliphatic heterocycles. The molecular formula is C16H17BrClFN4. The summed E-state index contributed by atoms with van der Waals surface area (Å²) in [5.74, 6) is 0.587. The second kappa shape index (κ2) is 7.11. The Morgan fingerprint density at radius 2 is 2.13 bits per heavy atom. The zero-order valence-electron chi connectivity index (χ0n) is 12.6. The predicted molar refractivity (Wildman–Crippen MR) is 93.1 cm³/mol. The van der Waals surface area contributed by atoms with Crippen molar-refractivity contribution in [1.82, 2.24) is 14.9 Å². The summed E-state index contributed by atoms with van der Waals surface area (Å²) in [6, 6.07) is 5.23. The van der Waals surface area contributed by atoms with Crippen molar-refractivity contribution < 1.29 is 4.39 Å². The Morgan fingerprint density at radius 1 is 1.39 bits per heavy atom. The molecule has 2 heterocycles. The molecule has 1 aromatic heterocycles. The molecule has 0 radical (unpaired) electrons. The topological polar surface area (TPSA) is 41.0 Å². The van der Waals surface area contributed by atoms with E-state index in [9.17, 15) is 4.39 Å². The number of likely N-dealkylation sites (tertiary alicyclic amines) is 1. The maximum absolute atomic E-state index is 13.8. The van der Waals surface area contributed by atoms with Gasteiger partial charge < -0.3 is 5.32 Å². The molecule has 3 rings (SSSR count). The van der Waals surface area contributed by atoms with Gasteiger partial charge in [0.25, 0.3) is 0 Å². The Balaban J connectivity index is 1.72. The molecule has 23 heavy (non-hydrogen) atoms. The molecule has 122 valence electrons. The number of rotatable bonds is 4. The number of halogens is 3. The molecule has 2 unspecified atom stereocenters. The number of hydrogen-bond donors (Lipinski definition) is 1. The molecule has 0 bridgehead atoms. The molecule has 1 aromatic carbocycles. The largest absolute Gasteiger partial charge is 0.354 e. The van der Waals surface area contributed by atoms with Crippen LogP contribution in [0.15, 0.2) is 35.1 Å². The van der Waals surface area contributed by atoms with Crippen LogP contribution in [0.25, 0.3) is 0 Å². The minimum atomic E-state index is -0.368. The molecule has 7 heteroatoms. The van der Waals surface area contributed by atoms with Gasteiger partial charge in [0.05, 0.1) is 9.50 Å². The van der Waals surface area contributed by atoms with Crippen molar-refractivity contribution in [1.29, 1.82) is 0 Å². The average molecular weight is 400 g/mol. The van der Waals surface area contributed by atoms with Crippen molar-refractivity contribution in [3.05, 3.63) is 51.5 Å². The van der Waals surface area contributed by atoms with Crippen LogP contribution in [0.3, 0.4) is 0 Å². The summed E-state index contributed by atoms with van der Waals surface area (Å²) in [4.78, 5) is 10.7. The predicted octanol–water partition coefficient (Wildman–Crippen LogP) is 4.14. The third-order valence-corrected chi connectivity index (χ3v) is 4.92. The number of aromatic nitrogens is 2. The van der Waals surface area contributed by atoms with Gasteiger partial charge in [0.15, 0.2) is 0 Å². The fraction of sp³-hybridized carbons (Fsp3) is 0.375. The van der Waals surface area contributed by atoms with E-state index < -0.39 is 0 Å². The number of benzene rings is 1. The molecule has 1 saturated heterocycles. The van der Waals surface area contributed by atoms with E-state index in [2.05, 4.69) is 43.2 Å². The highest BCUT2D eigenvalue weighted by Gasteiger charge is 2.33. The van der Waals surface area contributed by atoms with Crippen molar-refractivity contribution in [2.45, 2.75) is 12.5 Å². The van der Waals surface area contributed by atoms with Crippen LogP contribution in [0.1, 0.15) is 18.0 Å². The van der Waals surface area contributed by atoms with Gasteiger partial charge in [0.1, 0.15) is 5.82 Å². The van der Waals surface area contributed by atoms with E-state index in [1.54, 1.807) is 18.5 Å². The van der Waals surface area contributed by atoms with Crippen LogP contribution in [-0.2, 0) is 0 Å². The first-order chi connectivity index (χ1) is 11.0. The fourth-order valence-corrected chi connectivity index (χ4v) is 3.41. The minimum Gasteiger partial charge on any atom is -0.354 e. The van der Waals surface area contributed by atoms with Gasteiger partial charge in [-0.1, -0.05) is 17.7 Å². The van der Waals surface area contributed by atoms with E-state index in [1.165, 1.54) is 6.07 Å². The van der Waals surface area contributed by atoms with Gasteiger partial charge in [-0.25, -0.2) is 14.4 Å². The summed E-state index contributed by atoms with van der Waals surface area (Å²) in [5.41, 5.74) is 0.954. The lowest BCUT2D eigenvalue weighted by Gasteiger charge is -2.26. The molecule has 0 amide bonds. The van der Waals surface area contributed by atoms with E-state index in [0.717, 1.165) is 29.5 Å². The molecule has 1 fully saturated rings. The van der Waals surface area contributed by atoms with Crippen LogP contribution in [0.4, 0.5) is 10.3 Å². The summed E-state index contributed by atoms with van der Waals surface area (Å²) >= 11 is 9.11. The SMILES string of the molecule is CN1CCC(CNc2ncc(Br)cn2)C1c1ccc(Cl)c(F)c1. The van der Waals surface area contributed by atoms with E-state index in [0.29, 0.717) is 11.9 Å². The Hall–Kier alpha value is -1.24. The number of nitrogens with one attached hydrogen (secondary N) is 1. The smallest absolute Gasteiger partial charge is 0.222 e. The summed E-state index contributed by atoms with van der Waals surface area (Å²) in [6.07, 6.45) is 4.46.